The molecule has 1 N–H and O–H groups in total. The van der Waals surface area contributed by atoms with Crippen molar-refractivity contribution in [1.29, 1.82) is 5.26 Å². The van der Waals surface area contributed by atoms with Crippen molar-refractivity contribution < 1.29 is 8.42 Å². The van der Waals surface area contributed by atoms with Gasteiger partial charge in [0.1, 0.15) is 10.9 Å². The zero-order valence-electron chi connectivity index (χ0n) is 9.65. The third kappa shape index (κ3) is 3.85. The van der Waals surface area contributed by atoms with E-state index in [1.807, 2.05) is 13.0 Å². The summed E-state index contributed by atoms with van der Waals surface area (Å²) >= 11 is 11.6. The largest absolute Gasteiger partial charge is 0.243 e. The summed E-state index contributed by atoms with van der Waals surface area (Å²) in [5.74, 6) is 0. The molecular formula is C11H12Cl2N2O2S. The van der Waals surface area contributed by atoms with Crippen molar-refractivity contribution >= 4 is 33.2 Å². The van der Waals surface area contributed by atoms with E-state index in [9.17, 15) is 8.42 Å². The van der Waals surface area contributed by atoms with Gasteiger partial charge in [-0.3, -0.25) is 0 Å². The van der Waals surface area contributed by atoms with E-state index in [0.29, 0.717) is 12.8 Å². The molecule has 0 spiro atoms. The highest BCUT2D eigenvalue weighted by Gasteiger charge is 2.22. The highest BCUT2D eigenvalue weighted by atomic mass is 35.5. The van der Waals surface area contributed by atoms with Crippen molar-refractivity contribution in [1.82, 2.24) is 4.72 Å². The van der Waals surface area contributed by atoms with Crippen LogP contribution in [-0.4, -0.2) is 14.5 Å². The Labute approximate surface area is 117 Å². The third-order valence-corrected chi connectivity index (χ3v) is 4.40. The van der Waals surface area contributed by atoms with Gasteiger partial charge < -0.3 is 0 Å². The lowest BCUT2D eigenvalue weighted by molar-refractivity contribution is 0.563. The Kier molecular flexibility index (Phi) is 5.42. The van der Waals surface area contributed by atoms with Gasteiger partial charge in [-0.15, -0.1) is 0 Å². The van der Waals surface area contributed by atoms with E-state index < -0.39 is 16.1 Å². The van der Waals surface area contributed by atoms with Crippen molar-refractivity contribution in [3.63, 3.8) is 0 Å². The molecule has 1 atom stereocenters. The van der Waals surface area contributed by atoms with Gasteiger partial charge >= 0.3 is 0 Å². The molecule has 0 aromatic heterocycles. The smallest absolute Gasteiger partial charge is 0.207 e. The van der Waals surface area contributed by atoms with Gasteiger partial charge in [-0.05, 0) is 24.6 Å². The summed E-state index contributed by atoms with van der Waals surface area (Å²) in [7, 11) is -3.84. The van der Waals surface area contributed by atoms with Crippen LogP contribution in [0.5, 0.6) is 0 Å². The minimum atomic E-state index is -3.84. The number of sulfonamides is 1. The number of hydrogen-bond donors (Lipinski definition) is 1. The fourth-order valence-electron chi connectivity index (χ4n) is 1.37. The van der Waals surface area contributed by atoms with E-state index in [1.54, 1.807) is 0 Å². The molecule has 0 aliphatic rings. The maximum absolute atomic E-state index is 12.0. The Bertz CT molecular complexity index is 567. The first-order chi connectivity index (χ1) is 8.40. The van der Waals surface area contributed by atoms with Crippen LogP contribution < -0.4 is 4.72 Å². The molecule has 0 saturated carbocycles. The minimum absolute atomic E-state index is 0.0695. The number of halogens is 2. The number of benzene rings is 1. The van der Waals surface area contributed by atoms with Gasteiger partial charge in [-0.25, -0.2) is 8.42 Å². The van der Waals surface area contributed by atoms with Crippen LogP contribution in [0.25, 0.3) is 0 Å². The van der Waals surface area contributed by atoms with Crippen LogP contribution in [0.4, 0.5) is 0 Å². The molecule has 0 radical (unpaired) electrons. The van der Waals surface area contributed by atoms with Crippen molar-refractivity contribution in [2.45, 2.75) is 30.7 Å². The van der Waals surface area contributed by atoms with E-state index in [-0.39, 0.29) is 14.9 Å². The Balaban J connectivity index is 3.07. The summed E-state index contributed by atoms with van der Waals surface area (Å²) < 4.78 is 26.4. The molecule has 4 nitrogen and oxygen atoms in total. The molecule has 0 aliphatic carbocycles. The molecular weight excluding hydrogens is 295 g/mol. The molecule has 0 aliphatic heterocycles. The molecule has 0 amide bonds. The maximum Gasteiger partial charge on any atom is 0.243 e. The van der Waals surface area contributed by atoms with Crippen LogP contribution in [0.1, 0.15) is 19.8 Å². The molecule has 0 heterocycles. The molecule has 1 aromatic carbocycles. The average Bonchev–Trinajstić information content (AvgIpc) is 2.31. The Hall–Kier alpha value is -0.800. The molecule has 0 saturated heterocycles. The number of nitrogens with zero attached hydrogens (tertiary/aromatic N) is 1. The first-order valence-corrected chi connectivity index (χ1v) is 7.51. The van der Waals surface area contributed by atoms with Gasteiger partial charge in [0.25, 0.3) is 0 Å². The number of rotatable bonds is 5. The molecule has 18 heavy (non-hydrogen) atoms. The van der Waals surface area contributed by atoms with Crippen molar-refractivity contribution in [3.8, 4) is 6.07 Å². The normalized spacial score (nSPS) is 13.0. The van der Waals surface area contributed by atoms with E-state index in [4.69, 9.17) is 28.5 Å². The van der Waals surface area contributed by atoms with Gasteiger partial charge in [-0.2, -0.15) is 9.98 Å². The van der Waals surface area contributed by atoms with E-state index in [0.717, 1.165) is 0 Å². The second-order valence-electron chi connectivity index (χ2n) is 3.67. The minimum Gasteiger partial charge on any atom is -0.207 e. The van der Waals surface area contributed by atoms with Crippen LogP contribution in [0.3, 0.4) is 0 Å². The monoisotopic (exact) mass is 306 g/mol. The second kappa shape index (κ2) is 6.39. The average molecular weight is 307 g/mol. The summed E-state index contributed by atoms with van der Waals surface area (Å²) in [5, 5.41) is 9.19. The Morgan fingerprint density at radius 2 is 2.11 bits per heavy atom. The SMILES string of the molecule is CCCC(C#N)NS(=O)(=O)c1cc(Cl)ccc1Cl. The van der Waals surface area contributed by atoms with Crippen LogP contribution >= 0.6 is 23.2 Å². The fraction of sp³-hybridized carbons (Fsp3) is 0.364. The Morgan fingerprint density at radius 3 is 2.67 bits per heavy atom. The van der Waals surface area contributed by atoms with E-state index in [2.05, 4.69) is 4.72 Å². The topological polar surface area (TPSA) is 70.0 Å². The summed E-state index contributed by atoms with van der Waals surface area (Å²) in [4.78, 5) is -0.118. The third-order valence-electron chi connectivity index (χ3n) is 2.21. The summed E-state index contributed by atoms with van der Waals surface area (Å²) in [6.45, 7) is 1.87. The molecule has 1 unspecified atom stereocenters. The van der Waals surface area contributed by atoms with Crippen molar-refractivity contribution in [2.24, 2.45) is 0 Å². The number of nitrogens with one attached hydrogen (secondary N) is 1. The Morgan fingerprint density at radius 1 is 1.44 bits per heavy atom. The maximum atomic E-state index is 12.0. The first kappa shape index (κ1) is 15.3. The van der Waals surface area contributed by atoms with E-state index >= 15 is 0 Å². The summed E-state index contributed by atoms with van der Waals surface area (Å²) in [6, 6.07) is 5.28. The number of hydrogen-bond acceptors (Lipinski definition) is 3. The zero-order valence-corrected chi connectivity index (χ0v) is 12.0. The van der Waals surface area contributed by atoms with Crippen molar-refractivity contribution in [3.05, 3.63) is 28.2 Å². The molecule has 0 bridgehead atoms. The molecule has 7 heteroatoms. The van der Waals surface area contributed by atoms with Gasteiger partial charge in [0.15, 0.2) is 0 Å². The quantitative estimate of drug-likeness (QED) is 0.909. The van der Waals surface area contributed by atoms with Crippen LogP contribution in [0.2, 0.25) is 10.0 Å². The van der Waals surface area contributed by atoms with Crippen LogP contribution in [0.15, 0.2) is 23.1 Å². The highest BCUT2D eigenvalue weighted by Crippen LogP contribution is 2.25. The van der Waals surface area contributed by atoms with Gasteiger partial charge in [0, 0.05) is 5.02 Å². The molecule has 1 rings (SSSR count). The lowest BCUT2D eigenvalue weighted by atomic mass is 10.2. The first-order valence-electron chi connectivity index (χ1n) is 5.27. The highest BCUT2D eigenvalue weighted by molar-refractivity contribution is 7.89. The molecule has 0 fully saturated rings. The number of nitriles is 1. The van der Waals surface area contributed by atoms with Crippen LogP contribution in [-0.2, 0) is 10.0 Å². The fourth-order valence-corrected chi connectivity index (χ4v) is 3.31. The standard InChI is InChI=1S/C11H12Cl2N2O2S/c1-2-3-9(7-14)15-18(16,17)11-6-8(12)4-5-10(11)13/h4-6,9,15H,2-3H2,1H3. The van der Waals surface area contributed by atoms with Gasteiger partial charge in [0.05, 0.1) is 11.1 Å². The summed E-state index contributed by atoms with van der Waals surface area (Å²) in [6.07, 6.45) is 1.14. The predicted octanol–water partition coefficient (Wildman–Crippen LogP) is 2.96. The lowest BCUT2D eigenvalue weighted by Crippen LogP contribution is -2.33. The predicted molar refractivity (Wildman–Crippen MR) is 71.1 cm³/mol. The second-order valence-corrected chi connectivity index (χ2v) is 6.19. The lowest BCUT2D eigenvalue weighted by Gasteiger charge is -2.12. The van der Waals surface area contributed by atoms with E-state index in [1.165, 1.54) is 18.2 Å². The van der Waals surface area contributed by atoms with Crippen LogP contribution in [0, 0.1) is 11.3 Å². The summed E-state index contributed by atoms with van der Waals surface area (Å²) in [5.41, 5.74) is 0. The molecule has 98 valence electrons. The van der Waals surface area contributed by atoms with Gasteiger partial charge in [0.2, 0.25) is 10.0 Å². The van der Waals surface area contributed by atoms with Crippen molar-refractivity contribution in [2.75, 3.05) is 0 Å². The van der Waals surface area contributed by atoms with Gasteiger partial charge in [-0.1, -0.05) is 36.5 Å². The molecule has 1 aromatic rings. The zero-order chi connectivity index (χ0) is 13.8.